The first kappa shape index (κ1) is 24.4. The average Bonchev–Trinajstić information content (AvgIpc) is 3.48. The number of hydrogen-bond acceptors (Lipinski definition) is 7. The third-order valence-electron chi connectivity index (χ3n) is 5.47. The zero-order valence-electron chi connectivity index (χ0n) is 19.3. The monoisotopic (exact) mass is 528 g/mol. The summed E-state index contributed by atoms with van der Waals surface area (Å²) in [6, 6.07) is 27.4. The van der Waals surface area contributed by atoms with Crippen LogP contribution in [0.15, 0.2) is 100 Å². The fraction of sp³-hybridized carbons (Fsp3) is 0.0357. The van der Waals surface area contributed by atoms with Crippen molar-refractivity contribution in [3.8, 4) is 17.1 Å². The molecule has 37 heavy (non-hydrogen) atoms. The van der Waals surface area contributed by atoms with Crippen LogP contribution in [0.25, 0.3) is 17.4 Å². The van der Waals surface area contributed by atoms with Crippen molar-refractivity contribution < 1.29 is 23.8 Å². The van der Waals surface area contributed by atoms with Crippen LogP contribution in [-0.4, -0.2) is 26.3 Å². The predicted molar refractivity (Wildman–Crippen MR) is 147 cm³/mol. The summed E-state index contributed by atoms with van der Waals surface area (Å²) in [6.45, 7) is 0.423. The van der Waals surface area contributed by atoms with E-state index in [1.54, 1.807) is 30.3 Å². The molecule has 1 saturated heterocycles. The Hall–Kier alpha value is -4.34. The Labute approximate surface area is 222 Å². The number of ether oxygens (including phenoxy) is 1. The Morgan fingerprint density at radius 2 is 1.73 bits per heavy atom. The maximum absolute atomic E-state index is 13.0. The first-order valence-corrected chi connectivity index (χ1v) is 12.4. The fourth-order valence-corrected chi connectivity index (χ4v) is 4.85. The molecule has 4 aromatic rings. The highest BCUT2D eigenvalue weighted by atomic mass is 32.2. The molecule has 0 radical (unpaired) electrons. The molecule has 184 valence electrons. The van der Waals surface area contributed by atoms with E-state index < -0.39 is 11.9 Å². The van der Waals surface area contributed by atoms with Crippen molar-refractivity contribution in [2.24, 2.45) is 0 Å². The second kappa shape index (κ2) is 10.7. The Morgan fingerprint density at radius 3 is 2.54 bits per heavy atom. The van der Waals surface area contributed by atoms with Gasteiger partial charge in [0, 0.05) is 6.08 Å². The smallest absolute Gasteiger partial charge is 0.337 e. The van der Waals surface area contributed by atoms with E-state index in [9.17, 15) is 14.7 Å². The number of thiocarbonyl (C=S) groups is 1. The number of nitrogens with zero attached hydrogens (tertiary/aromatic N) is 1. The van der Waals surface area contributed by atoms with E-state index in [0.717, 1.165) is 27.9 Å². The van der Waals surface area contributed by atoms with Crippen molar-refractivity contribution in [2.75, 3.05) is 5.43 Å². The Morgan fingerprint density at radius 1 is 1.00 bits per heavy atom. The van der Waals surface area contributed by atoms with Crippen molar-refractivity contribution in [1.82, 2.24) is 5.01 Å². The molecule has 3 aromatic carbocycles. The number of amides is 1. The molecule has 7 nitrogen and oxygen atoms in total. The summed E-state index contributed by atoms with van der Waals surface area (Å²) >= 11 is 6.46. The average molecular weight is 529 g/mol. The summed E-state index contributed by atoms with van der Waals surface area (Å²) in [7, 11) is 0. The molecule has 0 bridgehead atoms. The van der Waals surface area contributed by atoms with Crippen LogP contribution in [0, 0.1) is 0 Å². The van der Waals surface area contributed by atoms with Crippen molar-refractivity contribution in [1.29, 1.82) is 0 Å². The van der Waals surface area contributed by atoms with E-state index in [-0.39, 0.29) is 15.6 Å². The minimum Gasteiger partial charge on any atom is -0.488 e. The second-order valence-corrected chi connectivity index (χ2v) is 9.63. The number of benzene rings is 3. The van der Waals surface area contributed by atoms with Gasteiger partial charge in [-0.2, -0.15) is 0 Å². The molecule has 1 fully saturated rings. The summed E-state index contributed by atoms with van der Waals surface area (Å²) in [5.74, 6) is 0.234. The number of para-hydroxylation sites is 2. The predicted octanol–water partition coefficient (Wildman–Crippen LogP) is 6.45. The number of thioether (sulfide) groups is 1. The number of furan rings is 1. The quantitative estimate of drug-likeness (QED) is 0.199. The number of carboxylic acid groups (broad SMARTS) is 1. The second-order valence-electron chi connectivity index (χ2n) is 7.95. The third-order valence-corrected chi connectivity index (χ3v) is 6.78. The molecule has 1 amide bonds. The molecule has 1 aliphatic heterocycles. The molecule has 1 aromatic heterocycles. The normalized spacial score (nSPS) is 14.3. The third kappa shape index (κ3) is 5.42. The molecule has 0 atom stereocenters. The van der Waals surface area contributed by atoms with Gasteiger partial charge in [0.15, 0.2) is 4.32 Å². The van der Waals surface area contributed by atoms with Crippen molar-refractivity contribution in [3.63, 3.8) is 0 Å². The number of rotatable bonds is 8. The number of nitrogens with one attached hydrogen (secondary N) is 1. The molecule has 2 heterocycles. The molecule has 0 spiro atoms. The van der Waals surface area contributed by atoms with Gasteiger partial charge in [-0.1, -0.05) is 66.4 Å². The molecule has 1 aliphatic rings. The van der Waals surface area contributed by atoms with Crippen LogP contribution < -0.4 is 10.2 Å². The van der Waals surface area contributed by atoms with E-state index in [4.69, 9.17) is 21.4 Å². The molecular weight excluding hydrogens is 508 g/mol. The summed E-state index contributed by atoms with van der Waals surface area (Å²) in [5.41, 5.74) is 4.96. The lowest BCUT2D eigenvalue weighted by Gasteiger charge is -2.18. The van der Waals surface area contributed by atoms with Gasteiger partial charge in [-0.05, 0) is 54.2 Å². The number of carboxylic acids is 1. The van der Waals surface area contributed by atoms with Gasteiger partial charge in [-0.25, -0.2) is 9.80 Å². The molecule has 5 rings (SSSR count). The minimum atomic E-state index is -1.11. The Bertz CT molecular complexity index is 1510. The maximum Gasteiger partial charge on any atom is 0.337 e. The topological polar surface area (TPSA) is 92.0 Å². The van der Waals surface area contributed by atoms with E-state index in [2.05, 4.69) is 5.43 Å². The van der Waals surface area contributed by atoms with Crippen LogP contribution in [0.4, 0.5) is 5.69 Å². The Kier molecular flexibility index (Phi) is 7.07. The van der Waals surface area contributed by atoms with Crippen LogP contribution in [0.1, 0.15) is 21.7 Å². The SMILES string of the molecule is O=C(O)c1ccccc1NN1C(=O)/C(=C/c2ccc(-c3ccccc3OCc3ccccc3)o2)SC1=S. The zero-order valence-corrected chi connectivity index (χ0v) is 20.9. The van der Waals surface area contributed by atoms with Crippen molar-refractivity contribution in [3.05, 3.63) is 113 Å². The number of anilines is 1. The van der Waals surface area contributed by atoms with Gasteiger partial charge in [0.2, 0.25) is 0 Å². The molecule has 0 unspecified atom stereocenters. The lowest BCUT2D eigenvalue weighted by molar-refractivity contribution is -0.121. The van der Waals surface area contributed by atoms with E-state index in [0.29, 0.717) is 28.8 Å². The van der Waals surface area contributed by atoms with Gasteiger partial charge in [0.25, 0.3) is 5.91 Å². The van der Waals surface area contributed by atoms with E-state index >= 15 is 0 Å². The van der Waals surface area contributed by atoms with E-state index in [1.807, 2.05) is 60.7 Å². The molecule has 2 N–H and O–H groups in total. The number of aromatic carboxylic acids is 1. The van der Waals surface area contributed by atoms with Gasteiger partial charge in [-0.3, -0.25) is 10.2 Å². The van der Waals surface area contributed by atoms with Gasteiger partial charge >= 0.3 is 5.97 Å². The summed E-state index contributed by atoms with van der Waals surface area (Å²) in [4.78, 5) is 24.9. The fourth-order valence-electron chi connectivity index (χ4n) is 3.69. The summed E-state index contributed by atoms with van der Waals surface area (Å²) in [5, 5.41) is 10.6. The zero-order chi connectivity index (χ0) is 25.8. The maximum atomic E-state index is 13.0. The van der Waals surface area contributed by atoms with E-state index in [1.165, 1.54) is 6.07 Å². The minimum absolute atomic E-state index is 0.0318. The number of hydrogen-bond donors (Lipinski definition) is 2. The number of carbonyl (C=O) groups excluding carboxylic acids is 1. The van der Waals surface area contributed by atoms with Crippen molar-refractivity contribution >= 4 is 51.9 Å². The van der Waals surface area contributed by atoms with Crippen LogP contribution in [0.2, 0.25) is 0 Å². The standard InChI is InChI=1S/C28H20N2O5S2/c31-26-25(37-28(36)30(26)29-22-12-6-4-10-20(22)27(32)33)16-19-14-15-24(35-19)21-11-5-7-13-23(21)34-17-18-8-2-1-3-9-18/h1-16,29H,17H2,(H,32,33)/b25-16-. The van der Waals surface area contributed by atoms with Crippen LogP contribution >= 0.6 is 24.0 Å². The molecule has 9 heteroatoms. The number of hydrazine groups is 1. The summed E-state index contributed by atoms with van der Waals surface area (Å²) in [6.07, 6.45) is 1.61. The van der Waals surface area contributed by atoms with Gasteiger partial charge < -0.3 is 14.3 Å². The number of carbonyl (C=O) groups is 2. The highest BCUT2D eigenvalue weighted by Gasteiger charge is 2.33. The first-order chi connectivity index (χ1) is 18.0. The van der Waals surface area contributed by atoms with Crippen LogP contribution in [0.5, 0.6) is 5.75 Å². The highest BCUT2D eigenvalue weighted by Crippen LogP contribution is 2.36. The van der Waals surface area contributed by atoms with Gasteiger partial charge in [0.1, 0.15) is 23.9 Å². The molecule has 0 saturated carbocycles. The first-order valence-electron chi connectivity index (χ1n) is 11.2. The lowest BCUT2D eigenvalue weighted by atomic mass is 10.1. The highest BCUT2D eigenvalue weighted by molar-refractivity contribution is 8.26. The molecule has 0 aliphatic carbocycles. The van der Waals surface area contributed by atoms with Gasteiger partial charge in [-0.15, -0.1) is 0 Å². The van der Waals surface area contributed by atoms with Crippen molar-refractivity contribution in [2.45, 2.75) is 6.61 Å². The van der Waals surface area contributed by atoms with Crippen LogP contribution in [0.3, 0.4) is 0 Å². The van der Waals surface area contributed by atoms with Gasteiger partial charge in [0.05, 0.1) is 21.7 Å². The largest absolute Gasteiger partial charge is 0.488 e. The summed E-state index contributed by atoms with van der Waals surface area (Å²) < 4.78 is 12.3. The molecular formula is C28H20N2O5S2. The lowest BCUT2D eigenvalue weighted by Crippen LogP contribution is -2.34. The Balaban J connectivity index is 1.33. The van der Waals surface area contributed by atoms with Crippen LogP contribution in [-0.2, 0) is 11.4 Å².